The summed E-state index contributed by atoms with van der Waals surface area (Å²) < 4.78 is 14.2. The van der Waals surface area contributed by atoms with Crippen molar-refractivity contribution in [2.24, 2.45) is 0 Å². The van der Waals surface area contributed by atoms with Gasteiger partial charge in [-0.1, -0.05) is 12.1 Å². The molecule has 2 unspecified atom stereocenters. The molecule has 0 bridgehead atoms. The Hall–Kier alpha value is -0.450. The number of hydrogen-bond acceptors (Lipinski definition) is 2. The van der Waals surface area contributed by atoms with Crippen LogP contribution in [-0.2, 0) is 6.42 Å². The van der Waals surface area contributed by atoms with Crippen LogP contribution in [0.1, 0.15) is 12.0 Å². The second-order valence-corrected chi connectivity index (χ2v) is 5.18. The van der Waals surface area contributed by atoms with Gasteiger partial charge in [-0.15, -0.1) is 0 Å². The third-order valence-corrected chi connectivity index (χ3v) is 3.86. The van der Waals surface area contributed by atoms with Crippen LogP contribution in [0, 0.1) is 5.82 Å². The summed E-state index contributed by atoms with van der Waals surface area (Å²) in [6.45, 7) is 0.876. The van der Waals surface area contributed by atoms with Crippen molar-refractivity contribution in [1.29, 1.82) is 0 Å². The Bertz CT molecular complexity index is 375. The number of benzene rings is 1. The number of aliphatic hydroxyl groups excluding tert-OH is 1. The van der Waals surface area contributed by atoms with Crippen molar-refractivity contribution in [3.8, 4) is 0 Å². The summed E-state index contributed by atoms with van der Waals surface area (Å²) >= 11 is 3.17. The molecular formula is C12H15BrFNO. The average Bonchev–Trinajstić information content (AvgIpc) is 2.56. The topological polar surface area (TPSA) is 23.5 Å². The van der Waals surface area contributed by atoms with E-state index in [2.05, 4.69) is 20.8 Å². The summed E-state index contributed by atoms with van der Waals surface area (Å²) in [5.74, 6) is -0.213. The van der Waals surface area contributed by atoms with Crippen LogP contribution in [0.4, 0.5) is 4.39 Å². The Morgan fingerprint density at radius 2 is 2.31 bits per heavy atom. The summed E-state index contributed by atoms with van der Waals surface area (Å²) in [5.41, 5.74) is 0.659. The summed E-state index contributed by atoms with van der Waals surface area (Å²) in [5, 5.41) is 9.81. The molecule has 0 radical (unpaired) electrons. The van der Waals surface area contributed by atoms with Gasteiger partial charge in [-0.25, -0.2) is 4.39 Å². The van der Waals surface area contributed by atoms with E-state index in [0.29, 0.717) is 16.5 Å². The molecule has 2 rings (SSSR count). The number of nitrogens with zero attached hydrogens (tertiary/aromatic N) is 1. The summed E-state index contributed by atoms with van der Waals surface area (Å²) in [6.07, 6.45) is 0.989. The maximum Gasteiger partial charge on any atom is 0.140 e. The Balaban J connectivity index is 2.17. The first-order valence-electron chi connectivity index (χ1n) is 5.41. The van der Waals surface area contributed by atoms with Gasteiger partial charge in [0.1, 0.15) is 5.82 Å². The zero-order valence-corrected chi connectivity index (χ0v) is 10.7. The van der Waals surface area contributed by atoms with Gasteiger partial charge in [-0.05, 0) is 47.4 Å². The summed E-state index contributed by atoms with van der Waals surface area (Å²) in [7, 11) is 1.97. The molecule has 0 saturated carbocycles. The van der Waals surface area contributed by atoms with Crippen molar-refractivity contribution in [2.75, 3.05) is 13.6 Å². The first-order valence-corrected chi connectivity index (χ1v) is 6.20. The van der Waals surface area contributed by atoms with E-state index in [0.717, 1.165) is 13.0 Å². The highest BCUT2D eigenvalue weighted by Crippen LogP contribution is 2.24. The molecule has 0 amide bonds. The molecular weight excluding hydrogens is 273 g/mol. The Kier molecular flexibility index (Phi) is 3.62. The molecule has 2 atom stereocenters. The normalized spacial score (nSPS) is 26.2. The predicted octanol–water partition coefficient (Wildman–Crippen LogP) is 2.20. The van der Waals surface area contributed by atoms with Crippen LogP contribution in [0.15, 0.2) is 22.7 Å². The highest BCUT2D eigenvalue weighted by molar-refractivity contribution is 9.10. The third kappa shape index (κ3) is 2.29. The predicted molar refractivity (Wildman–Crippen MR) is 64.8 cm³/mol. The minimum absolute atomic E-state index is 0.0313. The van der Waals surface area contributed by atoms with Gasteiger partial charge in [0, 0.05) is 12.6 Å². The average molecular weight is 288 g/mol. The highest BCUT2D eigenvalue weighted by Gasteiger charge is 2.30. The molecule has 2 nitrogen and oxygen atoms in total. The zero-order valence-electron chi connectivity index (χ0n) is 9.16. The van der Waals surface area contributed by atoms with Gasteiger partial charge in [-0.3, -0.25) is 0 Å². The molecule has 1 aromatic carbocycles. The molecule has 1 fully saturated rings. The lowest BCUT2D eigenvalue weighted by atomic mass is 10.0. The molecule has 1 N–H and O–H groups in total. The van der Waals surface area contributed by atoms with E-state index in [4.69, 9.17) is 0 Å². The number of likely N-dealkylation sites (N-methyl/N-ethyl adjacent to an activating group) is 1. The highest BCUT2D eigenvalue weighted by atomic mass is 79.9. The molecule has 0 spiro atoms. The van der Waals surface area contributed by atoms with Crippen LogP contribution in [0.25, 0.3) is 0 Å². The first-order chi connectivity index (χ1) is 7.59. The lowest BCUT2D eigenvalue weighted by molar-refractivity contribution is 0.126. The molecule has 1 aliphatic heterocycles. The quantitative estimate of drug-likeness (QED) is 0.902. The van der Waals surface area contributed by atoms with E-state index in [9.17, 15) is 9.50 Å². The van der Waals surface area contributed by atoms with Crippen LogP contribution in [0.2, 0.25) is 0 Å². The molecule has 1 aliphatic rings. The molecule has 88 valence electrons. The van der Waals surface area contributed by atoms with Crippen molar-refractivity contribution in [1.82, 2.24) is 4.90 Å². The number of rotatable bonds is 2. The fourth-order valence-electron chi connectivity index (χ4n) is 2.21. The Morgan fingerprint density at radius 1 is 1.56 bits per heavy atom. The second-order valence-electron chi connectivity index (χ2n) is 4.32. The number of aliphatic hydroxyl groups is 1. The van der Waals surface area contributed by atoms with Crippen LogP contribution >= 0.6 is 15.9 Å². The van der Waals surface area contributed by atoms with Gasteiger partial charge in [0.25, 0.3) is 0 Å². The fraction of sp³-hybridized carbons (Fsp3) is 0.500. The lowest BCUT2D eigenvalue weighted by Gasteiger charge is -2.22. The van der Waals surface area contributed by atoms with Gasteiger partial charge >= 0.3 is 0 Å². The fourth-order valence-corrected chi connectivity index (χ4v) is 2.62. The molecule has 16 heavy (non-hydrogen) atoms. The minimum Gasteiger partial charge on any atom is -0.391 e. The second kappa shape index (κ2) is 4.82. The monoisotopic (exact) mass is 287 g/mol. The maximum absolute atomic E-state index is 13.8. The Morgan fingerprint density at radius 3 is 2.94 bits per heavy atom. The largest absolute Gasteiger partial charge is 0.391 e. The van der Waals surface area contributed by atoms with E-state index >= 15 is 0 Å². The van der Waals surface area contributed by atoms with Crippen LogP contribution in [0.5, 0.6) is 0 Å². The summed E-state index contributed by atoms with van der Waals surface area (Å²) in [4.78, 5) is 2.09. The zero-order chi connectivity index (χ0) is 11.7. The SMILES string of the molecule is CN1CCC(O)C1Cc1cccc(Br)c1F. The smallest absolute Gasteiger partial charge is 0.140 e. The summed E-state index contributed by atoms with van der Waals surface area (Å²) in [6, 6.07) is 5.32. The van der Waals surface area contributed by atoms with Gasteiger partial charge in [-0.2, -0.15) is 0 Å². The van der Waals surface area contributed by atoms with E-state index in [1.165, 1.54) is 0 Å². The maximum atomic E-state index is 13.8. The molecule has 1 saturated heterocycles. The van der Waals surface area contributed by atoms with Gasteiger partial charge in [0.05, 0.1) is 10.6 Å². The van der Waals surface area contributed by atoms with Crippen molar-refractivity contribution in [3.05, 3.63) is 34.1 Å². The van der Waals surface area contributed by atoms with Crippen molar-refractivity contribution < 1.29 is 9.50 Å². The third-order valence-electron chi connectivity index (χ3n) is 3.25. The lowest BCUT2D eigenvalue weighted by Crippen LogP contribution is -2.34. The molecule has 0 aromatic heterocycles. The number of likely N-dealkylation sites (tertiary alicyclic amines) is 1. The van der Waals surface area contributed by atoms with Crippen LogP contribution in [-0.4, -0.2) is 35.7 Å². The first kappa shape index (κ1) is 12.0. The van der Waals surface area contributed by atoms with E-state index in [1.807, 2.05) is 13.1 Å². The standard InChI is InChI=1S/C12H15BrFNO/c1-15-6-5-11(16)10(15)7-8-3-2-4-9(13)12(8)14/h2-4,10-11,16H,5-7H2,1H3. The molecule has 1 heterocycles. The van der Waals surface area contributed by atoms with Crippen LogP contribution < -0.4 is 0 Å². The van der Waals surface area contributed by atoms with Gasteiger partial charge < -0.3 is 10.0 Å². The van der Waals surface area contributed by atoms with Gasteiger partial charge in [0.2, 0.25) is 0 Å². The number of hydrogen-bond donors (Lipinski definition) is 1. The van der Waals surface area contributed by atoms with Crippen molar-refractivity contribution >= 4 is 15.9 Å². The van der Waals surface area contributed by atoms with Gasteiger partial charge in [0.15, 0.2) is 0 Å². The number of halogens is 2. The van der Waals surface area contributed by atoms with E-state index < -0.39 is 0 Å². The molecule has 1 aromatic rings. The Labute approximate surface area is 103 Å². The van der Waals surface area contributed by atoms with Crippen LogP contribution in [0.3, 0.4) is 0 Å². The van der Waals surface area contributed by atoms with Crippen molar-refractivity contribution in [3.63, 3.8) is 0 Å². The minimum atomic E-state index is -0.344. The van der Waals surface area contributed by atoms with E-state index in [-0.39, 0.29) is 18.0 Å². The molecule has 0 aliphatic carbocycles. The molecule has 4 heteroatoms. The van der Waals surface area contributed by atoms with Crippen molar-refractivity contribution in [2.45, 2.75) is 25.0 Å². The van der Waals surface area contributed by atoms with E-state index in [1.54, 1.807) is 12.1 Å².